The molecule has 0 saturated heterocycles. The van der Waals surface area contributed by atoms with Crippen LogP contribution < -0.4 is 15.6 Å². The van der Waals surface area contributed by atoms with Crippen molar-refractivity contribution in [3.8, 4) is 5.75 Å². The number of methoxy groups -OCH3 is 1. The van der Waals surface area contributed by atoms with Gasteiger partial charge in [0.1, 0.15) is 0 Å². The fraction of sp³-hybridized carbons (Fsp3) is 0.158. The number of benzene rings is 2. The number of nitrogens with zero attached hydrogens (tertiary/aromatic N) is 2. The maximum Gasteiger partial charge on any atom is 0.316 e. The molecular weight excluding hydrogens is 340 g/mol. The highest BCUT2D eigenvalue weighted by atomic mass is 19.2. The summed E-state index contributed by atoms with van der Waals surface area (Å²) >= 11 is 0. The lowest BCUT2D eigenvalue weighted by Gasteiger charge is -2.16. The van der Waals surface area contributed by atoms with Crippen molar-refractivity contribution in [2.24, 2.45) is 0 Å². The molecule has 0 amide bonds. The van der Waals surface area contributed by atoms with Gasteiger partial charge in [-0.25, -0.2) is 8.78 Å². The van der Waals surface area contributed by atoms with Crippen LogP contribution in [-0.2, 0) is 6.54 Å². The van der Waals surface area contributed by atoms with Gasteiger partial charge in [-0.1, -0.05) is 24.3 Å². The van der Waals surface area contributed by atoms with Gasteiger partial charge in [0.25, 0.3) is 0 Å². The highest BCUT2D eigenvalue weighted by Crippen LogP contribution is 2.20. The van der Waals surface area contributed by atoms with Crippen molar-refractivity contribution in [1.29, 1.82) is 0 Å². The molecule has 0 radical (unpaired) electrons. The molecule has 3 rings (SSSR count). The SMILES string of the molecule is COc1cn(Cc2ccc(F)c(F)c2)c(Nc2ccccc2C)nc1=O. The summed E-state index contributed by atoms with van der Waals surface area (Å²) in [5.74, 6) is -1.52. The van der Waals surface area contributed by atoms with Gasteiger partial charge < -0.3 is 14.6 Å². The third-order valence-electron chi connectivity index (χ3n) is 3.91. The maximum atomic E-state index is 13.5. The third-order valence-corrected chi connectivity index (χ3v) is 3.91. The van der Waals surface area contributed by atoms with Gasteiger partial charge in [-0.15, -0.1) is 0 Å². The van der Waals surface area contributed by atoms with Crippen molar-refractivity contribution in [2.75, 3.05) is 12.4 Å². The Hall–Kier alpha value is -3.22. The minimum absolute atomic E-state index is 0.0583. The Morgan fingerprint density at radius 1 is 1.15 bits per heavy atom. The van der Waals surface area contributed by atoms with Crippen LogP contribution in [0.4, 0.5) is 20.4 Å². The predicted octanol–water partition coefficient (Wildman–Crippen LogP) is 3.63. The van der Waals surface area contributed by atoms with Gasteiger partial charge in [-0.2, -0.15) is 4.98 Å². The van der Waals surface area contributed by atoms with Gasteiger partial charge >= 0.3 is 5.56 Å². The van der Waals surface area contributed by atoms with Crippen LogP contribution in [0.15, 0.2) is 53.5 Å². The molecule has 1 N–H and O–H groups in total. The molecule has 5 nitrogen and oxygen atoms in total. The first kappa shape index (κ1) is 17.6. The summed E-state index contributed by atoms with van der Waals surface area (Å²) in [7, 11) is 1.37. The Morgan fingerprint density at radius 2 is 1.92 bits per heavy atom. The summed E-state index contributed by atoms with van der Waals surface area (Å²) in [5.41, 5.74) is 1.75. The Kier molecular flexibility index (Phi) is 4.97. The fourth-order valence-electron chi connectivity index (χ4n) is 2.50. The molecule has 3 aromatic rings. The van der Waals surface area contributed by atoms with Crippen molar-refractivity contribution in [1.82, 2.24) is 9.55 Å². The van der Waals surface area contributed by atoms with Crippen molar-refractivity contribution < 1.29 is 13.5 Å². The molecule has 0 spiro atoms. The number of aryl methyl sites for hydroxylation is 1. The Balaban J connectivity index is 2.02. The van der Waals surface area contributed by atoms with Gasteiger partial charge in [0.2, 0.25) is 11.7 Å². The zero-order valence-corrected chi connectivity index (χ0v) is 14.3. The zero-order chi connectivity index (χ0) is 18.7. The smallest absolute Gasteiger partial charge is 0.316 e. The molecule has 0 saturated carbocycles. The standard InChI is InChI=1S/C19H17F2N3O2/c1-12-5-3-4-6-16(12)22-19-23-18(25)17(26-2)11-24(19)10-13-7-8-14(20)15(21)9-13/h3-9,11H,10H2,1-2H3,(H,22,23,25). The van der Waals surface area contributed by atoms with E-state index < -0.39 is 17.2 Å². The van der Waals surface area contributed by atoms with E-state index in [4.69, 9.17) is 4.74 Å². The molecule has 1 heterocycles. The summed E-state index contributed by atoms with van der Waals surface area (Å²) in [6, 6.07) is 11.2. The fourth-order valence-corrected chi connectivity index (χ4v) is 2.50. The van der Waals surface area contributed by atoms with E-state index in [0.717, 1.165) is 23.4 Å². The van der Waals surface area contributed by atoms with Crippen molar-refractivity contribution in [3.63, 3.8) is 0 Å². The van der Waals surface area contributed by atoms with E-state index in [2.05, 4.69) is 10.3 Å². The average Bonchev–Trinajstić information content (AvgIpc) is 2.62. The Morgan fingerprint density at radius 3 is 2.62 bits per heavy atom. The molecule has 2 aromatic carbocycles. The average molecular weight is 357 g/mol. The van der Waals surface area contributed by atoms with Crippen LogP contribution in [0.2, 0.25) is 0 Å². The Bertz CT molecular complexity index is 1000. The topological polar surface area (TPSA) is 56.1 Å². The summed E-state index contributed by atoms with van der Waals surface area (Å²) in [5, 5.41) is 3.11. The summed E-state index contributed by atoms with van der Waals surface area (Å²) < 4.78 is 33.3. The number of ether oxygens (including phenoxy) is 1. The Labute approximate surface area is 148 Å². The lowest BCUT2D eigenvalue weighted by atomic mass is 10.2. The molecule has 0 aliphatic rings. The molecule has 0 atom stereocenters. The molecule has 0 fully saturated rings. The minimum Gasteiger partial charge on any atom is -0.490 e. The second-order valence-electron chi connectivity index (χ2n) is 5.75. The summed E-state index contributed by atoms with van der Waals surface area (Å²) in [6.07, 6.45) is 1.48. The van der Waals surface area contributed by atoms with E-state index in [0.29, 0.717) is 5.56 Å². The lowest BCUT2D eigenvalue weighted by molar-refractivity contribution is 0.402. The minimum atomic E-state index is -0.933. The number of aromatic nitrogens is 2. The van der Waals surface area contributed by atoms with Gasteiger partial charge in [-0.3, -0.25) is 4.79 Å². The zero-order valence-electron chi connectivity index (χ0n) is 14.3. The highest BCUT2D eigenvalue weighted by molar-refractivity contribution is 5.58. The number of hydrogen-bond acceptors (Lipinski definition) is 4. The second-order valence-corrected chi connectivity index (χ2v) is 5.75. The molecule has 26 heavy (non-hydrogen) atoms. The highest BCUT2D eigenvalue weighted by Gasteiger charge is 2.12. The van der Waals surface area contributed by atoms with Crippen LogP contribution in [0.1, 0.15) is 11.1 Å². The number of hydrogen-bond donors (Lipinski definition) is 1. The largest absolute Gasteiger partial charge is 0.490 e. The lowest BCUT2D eigenvalue weighted by Crippen LogP contribution is -2.19. The number of para-hydroxylation sites is 1. The van der Waals surface area contributed by atoms with Crippen LogP contribution in [0.5, 0.6) is 5.75 Å². The normalized spacial score (nSPS) is 10.6. The van der Waals surface area contributed by atoms with Crippen LogP contribution in [-0.4, -0.2) is 16.7 Å². The first-order valence-corrected chi connectivity index (χ1v) is 7.90. The van der Waals surface area contributed by atoms with E-state index in [9.17, 15) is 13.6 Å². The molecule has 0 aliphatic carbocycles. The molecule has 1 aromatic heterocycles. The van der Waals surface area contributed by atoms with E-state index in [-0.39, 0.29) is 18.2 Å². The van der Waals surface area contributed by atoms with E-state index in [1.165, 1.54) is 19.4 Å². The molecule has 0 unspecified atom stereocenters. The van der Waals surface area contributed by atoms with Crippen molar-refractivity contribution >= 4 is 11.6 Å². The predicted molar refractivity (Wildman–Crippen MR) is 95.0 cm³/mol. The molecular formula is C19H17F2N3O2. The van der Waals surface area contributed by atoms with Crippen molar-refractivity contribution in [3.05, 3.63) is 81.8 Å². The molecule has 134 valence electrons. The van der Waals surface area contributed by atoms with Gasteiger partial charge in [0.05, 0.1) is 19.9 Å². The maximum absolute atomic E-state index is 13.5. The van der Waals surface area contributed by atoms with E-state index in [1.807, 2.05) is 31.2 Å². The van der Waals surface area contributed by atoms with Crippen LogP contribution in [0.3, 0.4) is 0 Å². The van der Waals surface area contributed by atoms with Crippen LogP contribution >= 0.6 is 0 Å². The van der Waals surface area contributed by atoms with Crippen LogP contribution in [0, 0.1) is 18.6 Å². The van der Waals surface area contributed by atoms with Crippen molar-refractivity contribution in [2.45, 2.75) is 13.5 Å². The first-order chi connectivity index (χ1) is 12.5. The number of rotatable bonds is 5. The van der Waals surface area contributed by atoms with Gasteiger partial charge in [0.15, 0.2) is 11.6 Å². The second kappa shape index (κ2) is 7.35. The van der Waals surface area contributed by atoms with E-state index in [1.54, 1.807) is 4.57 Å². The van der Waals surface area contributed by atoms with Gasteiger partial charge in [-0.05, 0) is 36.2 Å². The quantitative estimate of drug-likeness (QED) is 0.758. The first-order valence-electron chi connectivity index (χ1n) is 7.90. The number of halogens is 2. The monoisotopic (exact) mass is 357 g/mol. The number of anilines is 2. The summed E-state index contributed by atoms with van der Waals surface area (Å²) in [6.45, 7) is 2.10. The van der Waals surface area contributed by atoms with Gasteiger partial charge in [0, 0.05) is 5.69 Å². The van der Waals surface area contributed by atoms with Crippen LogP contribution in [0.25, 0.3) is 0 Å². The van der Waals surface area contributed by atoms with E-state index >= 15 is 0 Å². The molecule has 7 heteroatoms. The molecule has 0 bridgehead atoms. The molecule has 0 aliphatic heterocycles. The number of nitrogens with one attached hydrogen (secondary N) is 1. The third kappa shape index (κ3) is 3.72. The summed E-state index contributed by atoms with van der Waals surface area (Å²) in [4.78, 5) is 16.1.